The maximum Gasteiger partial charge on any atom is 0.140 e. The van der Waals surface area contributed by atoms with Crippen molar-refractivity contribution in [1.29, 1.82) is 0 Å². The van der Waals surface area contributed by atoms with Gasteiger partial charge in [0.2, 0.25) is 0 Å². The molecule has 19 heavy (non-hydrogen) atoms. The van der Waals surface area contributed by atoms with E-state index >= 15 is 0 Å². The van der Waals surface area contributed by atoms with Gasteiger partial charge in [-0.2, -0.15) is 5.10 Å². The van der Waals surface area contributed by atoms with Crippen LogP contribution in [0.15, 0.2) is 17.8 Å². The molecule has 2 aromatic rings. The Morgan fingerprint density at radius 2 is 2.21 bits per heavy atom. The summed E-state index contributed by atoms with van der Waals surface area (Å²) in [6.45, 7) is 2.23. The van der Waals surface area contributed by atoms with Crippen LogP contribution in [-0.4, -0.2) is 27.9 Å². The van der Waals surface area contributed by atoms with Crippen LogP contribution in [0.2, 0.25) is 0 Å². The van der Waals surface area contributed by atoms with Crippen LogP contribution in [-0.2, 0) is 0 Å². The van der Waals surface area contributed by atoms with Gasteiger partial charge >= 0.3 is 0 Å². The van der Waals surface area contributed by atoms with Gasteiger partial charge in [-0.1, -0.05) is 0 Å². The van der Waals surface area contributed by atoms with Gasteiger partial charge in [0.15, 0.2) is 0 Å². The van der Waals surface area contributed by atoms with Gasteiger partial charge < -0.3 is 5.32 Å². The number of piperidine rings is 1. The lowest BCUT2D eigenvalue weighted by molar-refractivity contribution is 0.336. The molecule has 0 aromatic carbocycles. The fraction of sp³-hybridized carbons (Fsp3) is 0.429. The molecule has 0 amide bonds. The molecule has 2 aliphatic rings. The third kappa shape index (κ3) is 1.84. The second-order valence-electron chi connectivity index (χ2n) is 5.18. The Labute approximate surface area is 116 Å². The maximum atomic E-state index is 4.54. The molecule has 0 aliphatic carbocycles. The Balaban J connectivity index is 1.83. The fourth-order valence-corrected chi connectivity index (χ4v) is 4.27. The van der Waals surface area contributed by atoms with Crippen LogP contribution in [0.4, 0.5) is 0 Å². The summed E-state index contributed by atoms with van der Waals surface area (Å²) in [4.78, 5) is 5.99. The maximum absolute atomic E-state index is 4.54. The number of nitrogens with zero attached hydrogens (tertiary/aromatic N) is 3. The van der Waals surface area contributed by atoms with Gasteiger partial charge in [-0.15, -0.1) is 11.3 Å². The van der Waals surface area contributed by atoms with Crippen molar-refractivity contribution in [3.05, 3.63) is 34.0 Å². The standard InChI is InChI=1S/C14H16N4S/c1-5-15-6-2-10(1)12-13-11(4-8-19-13)3-7-18-14(12)16-9-17-18/h3-4,7-10,12,15H,1-2,5-6H2. The normalized spacial score (nSPS) is 22.8. The van der Waals surface area contributed by atoms with Gasteiger partial charge in [0.1, 0.15) is 12.2 Å². The summed E-state index contributed by atoms with van der Waals surface area (Å²) in [5.74, 6) is 2.17. The number of hydrogen-bond acceptors (Lipinski definition) is 4. The Morgan fingerprint density at radius 3 is 3.11 bits per heavy atom. The van der Waals surface area contributed by atoms with Crippen LogP contribution in [0.5, 0.6) is 0 Å². The average Bonchev–Trinajstić information content (AvgIpc) is 3.07. The molecule has 1 N–H and O–H groups in total. The molecule has 4 nitrogen and oxygen atoms in total. The van der Waals surface area contributed by atoms with Crippen LogP contribution >= 0.6 is 11.3 Å². The van der Waals surface area contributed by atoms with E-state index in [1.165, 1.54) is 23.3 Å². The van der Waals surface area contributed by atoms with Crippen molar-refractivity contribution in [2.45, 2.75) is 18.8 Å². The lowest BCUT2D eigenvalue weighted by atomic mass is 9.82. The Kier molecular flexibility index (Phi) is 2.74. The Hall–Kier alpha value is -1.46. The van der Waals surface area contributed by atoms with Crippen molar-refractivity contribution >= 4 is 23.6 Å². The van der Waals surface area contributed by atoms with Crippen LogP contribution in [0.1, 0.15) is 35.0 Å². The molecular formula is C14H16N4S. The summed E-state index contributed by atoms with van der Waals surface area (Å²) in [5.41, 5.74) is 1.33. The molecule has 1 atom stereocenters. The minimum atomic E-state index is 0.398. The van der Waals surface area contributed by atoms with E-state index in [2.05, 4.69) is 32.9 Å². The molecule has 1 unspecified atom stereocenters. The average molecular weight is 272 g/mol. The zero-order valence-electron chi connectivity index (χ0n) is 10.6. The first kappa shape index (κ1) is 11.4. The predicted octanol–water partition coefficient (Wildman–Crippen LogP) is 2.41. The highest BCUT2D eigenvalue weighted by atomic mass is 32.1. The lowest BCUT2D eigenvalue weighted by Crippen LogP contribution is -2.31. The molecule has 1 fully saturated rings. The molecule has 5 heteroatoms. The molecule has 1 saturated heterocycles. The molecule has 0 radical (unpaired) electrons. The number of rotatable bonds is 1. The monoisotopic (exact) mass is 272 g/mol. The van der Waals surface area contributed by atoms with E-state index in [1.807, 2.05) is 22.2 Å². The first-order valence-electron chi connectivity index (χ1n) is 6.79. The van der Waals surface area contributed by atoms with Crippen LogP contribution in [0.3, 0.4) is 0 Å². The van der Waals surface area contributed by atoms with Crippen LogP contribution in [0, 0.1) is 5.92 Å². The molecule has 4 rings (SSSR count). The Morgan fingerprint density at radius 1 is 1.32 bits per heavy atom. The smallest absolute Gasteiger partial charge is 0.140 e. The highest BCUT2D eigenvalue weighted by Gasteiger charge is 2.33. The van der Waals surface area contributed by atoms with Crippen molar-refractivity contribution in [3.8, 4) is 0 Å². The number of thiophene rings is 1. The van der Waals surface area contributed by atoms with E-state index in [0.29, 0.717) is 11.8 Å². The van der Waals surface area contributed by atoms with Gasteiger partial charge in [-0.05, 0) is 54.9 Å². The molecule has 0 saturated carbocycles. The van der Waals surface area contributed by atoms with E-state index in [0.717, 1.165) is 18.9 Å². The van der Waals surface area contributed by atoms with Crippen molar-refractivity contribution in [2.75, 3.05) is 13.1 Å². The Bertz CT molecular complexity index is 562. The van der Waals surface area contributed by atoms with E-state index in [4.69, 9.17) is 0 Å². The summed E-state index contributed by atoms with van der Waals surface area (Å²) in [7, 11) is 0. The summed E-state index contributed by atoms with van der Waals surface area (Å²) in [5, 5.41) is 9.97. The largest absolute Gasteiger partial charge is 0.317 e. The van der Waals surface area contributed by atoms with Gasteiger partial charge in [-0.3, -0.25) is 0 Å². The van der Waals surface area contributed by atoms with Crippen molar-refractivity contribution in [1.82, 2.24) is 20.1 Å². The molecule has 98 valence electrons. The van der Waals surface area contributed by atoms with Crippen LogP contribution in [0.25, 0.3) is 12.3 Å². The lowest BCUT2D eigenvalue weighted by Gasteiger charge is -2.29. The predicted molar refractivity (Wildman–Crippen MR) is 77.0 cm³/mol. The van der Waals surface area contributed by atoms with Gasteiger partial charge in [-0.25, -0.2) is 9.67 Å². The molecule has 2 aliphatic heterocycles. The van der Waals surface area contributed by atoms with E-state index in [9.17, 15) is 0 Å². The number of hydrogen-bond donors (Lipinski definition) is 1. The van der Waals surface area contributed by atoms with Crippen molar-refractivity contribution in [2.24, 2.45) is 5.92 Å². The molecule has 0 spiro atoms. The van der Waals surface area contributed by atoms with E-state index in [-0.39, 0.29) is 0 Å². The number of fused-ring (bicyclic) bond motifs is 2. The van der Waals surface area contributed by atoms with Gasteiger partial charge in [0.25, 0.3) is 0 Å². The topological polar surface area (TPSA) is 42.7 Å². The summed E-state index contributed by atoms with van der Waals surface area (Å²) < 4.78 is 1.94. The quantitative estimate of drug-likeness (QED) is 0.867. The first-order valence-corrected chi connectivity index (χ1v) is 7.67. The van der Waals surface area contributed by atoms with E-state index < -0.39 is 0 Å². The van der Waals surface area contributed by atoms with E-state index in [1.54, 1.807) is 6.33 Å². The molecule has 0 bridgehead atoms. The molecule has 2 aromatic heterocycles. The summed E-state index contributed by atoms with van der Waals surface area (Å²) in [6.07, 6.45) is 8.30. The highest BCUT2D eigenvalue weighted by molar-refractivity contribution is 7.10. The van der Waals surface area contributed by atoms with Crippen molar-refractivity contribution < 1.29 is 0 Å². The zero-order valence-corrected chi connectivity index (χ0v) is 11.4. The third-order valence-electron chi connectivity index (χ3n) is 4.14. The second-order valence-corrected chi connectivity index (χ2v) is 6.13. The zero-order chi connectivity index (χ0) is 12.7. The molecular weight excluding hydrogens is 256 g/mol. The molecule has 4 heterocycles. The summed E-state index contributed by atoms with van der Waals surface area (Å²) >= 11 is 1.85. The van der Waals surface area contributed by atoms with Crippen molar-refractivity contribution in [3.63, 3.8) is 0 Å². The first-order chi connectivity index (χ1) is 9.43. The second kappa shape index (κ2) is 4.58. The summed E-state index contributed by atoms with van der Waals surface area (Å²) in [6, 6.07) is 2.21. The SMILES string of the molecule is C1=Cn2ncnc2C(C2CCNCC2)c2sccc21. The van der Waals surface area contributed by atoms with Crippen LogP contribution < -0.4 is 5.32 Å². The third-order valence-corrected chi connectivity index (χ3v) is 5.15. The number of aromatic nitrogens is 3. The van der Waals surface area contributed by atoms with Gasteiger partial charge in [0.05, 0.1) is 5.92 Å². The minimum absolute atomic E-state index is 0.398. The minimum Gasteiger partial charge on any atom is -0.317 e. The fourth-order valence-electron chi connectivity index (χ4n) is 3.19. The van der Waals surface area contributed by atoms with Gasteiger partial charge in [0, 0.05) is 11.1 Å². The number of nitrogens with one attached hydrogen (secondary N) is 1. The highest BCUT2D eigenvalue weighted by Crippen LogP contribution is 2.41.